The molecule has 1 aromatic rings. The second-order valence-corrected chi connectivity index (χ2v) is 4.98. The number of carbonyl (C=O) groups is 1. The highest BCUT2D eigenvalue weighted by Crippen LogP contribution is 2.22. The molecule has 2 atom stereocenters. The number of amides is 1. The van der Waals surface area contributed by atoms with Crippen molar-refractivity contribution in [3.8, 4) is 5.75 Å². The summed E-state index contributed by atoms with van der Waals surface area (Å²) in [5, 5.41) is 2.69. The fraction of sp³-hybridized carbons (Fsp3) is 0.533. The maximum absolute atomic E-state index is 13.3. The van der Waals surface area contributed by atoms with Gasteiger partial charge in [-0.2, -0.15) is 0 Å². The Morgan fingerprint density at radius 3 is 2.76 bits per heavy atom. The molecule has 0 radical (unpaired) electrons. The van der Waals surface area contributed by atoms with E-state index < -0.39 is 6.10 Å². The molecule has 0 bridgehead atoms. The molecule has 5 nitrogen and oxygen atoms in total. The van der Waals surface area contributed by atoms with Crippen molar-refractivity contribution in [2.75, 3.05) is 20.3 Å². The molecule has 0 fully saturated rings. The normalized spacial score (nSPS) is 13.6. The van der Waals surface area contributed by atoms with Crippen LogP contribution in [0.15, 0.2) is 18.2 Å². The number of hydrogen-bond acceptors (Lipinski definition) is 4. The van der Waals surface area contributed by atoms with E-state index in [0.29, 0.717) is 30.9 Å². The van der Waals surface area contributed by atoms with Crippen molar-refractivity contribution >= 4 is 5.91 Å². The van der Waals surface area contributed by atoms with Crippen LogP contribution in [0.3, 0.4) is 0 Å². The van der Waals surface area contributed by atoms with Crippen molar-refractivity contribution < 1.29 is 18.7 Å². The van der Waals surface area contributed by atoms with Gasteiger partial charge in [0.1, 0.15) is 11.6 Å². The highest BCUT2D eigenvalue weighted by molar-refractivity contribution is 5.80. The van der Waals surface area contributed by atoms with E-state index in [-0.39, 0.29) is 17.8 Å². The van der Waals surface area contributed by atoms with Gasteiger partial charge in [-0.1, -0.05) is 0 Å². The fourth-order valence-corrected chi connectivity index (χ4v) is 1.83. The van der Waals surface area contributed by atoms with Gasteiger partial charge in [-0.05, 0) is 44.0 Å². The van der Waals surface area contributed by atoms with Crippen LogP contribution in [0.4, 0.5) is 4.39 Å². The number of nitrogens with two attached hydrogens (primary N) is 1. The fourth-order valence-electron chi connectivity index (χ4n) is 1.83. The van der Waals surface area contributed by atoms with Crippen molar-refractivity contribution in [1.82, 2.24) is 5.32 Å². The third kappa shape index (κ3) is 6.10. The van der Waals surface area contributed by atoms with Crippen LogP contribution in [0.1, 0.15) is 19.4 Å². The van der Waals surface area contributed by atoms with E-state index in [1.54, 1.807) is 14.0 Å². The van der Waals surface area contributed by atoms with Gasteiger partial charge in [0.05, 0.1) is 6.61 Å². The molecule has 0 saturated heterocycles. The molecule has 1 aromatic carbocycles. The zero-order chi connectivity index (χ0) is 15.8. The second kappa shape index (κ2) is 8.59. The van der Waals surface area contributed by atoms with Crippen LogP contribution in [-0.4, -0.2) is 38.3 Å². The number of benzene rings is 1. The van der Waals surface area contributed by atoms with Crippen LogP contribution < -0.4 is 15.8 Å². The largest absolute Gasteiger partial charge is 0.481 e. The first-order valence-corrected chi connectivity index (χ1v) is 6.91. The smallest absolute Gasteiger partial charge is 0.260 e. The van der Waals surface area contributed by atoms with E-state index in [9.17, 15) is 9.18 Å². The first-order valence-electron chi connectivity index (χ1n) is 6.91. The number of nitrogens with one attached hydrogen (secondary N) is 1. The van der Waals surface area contributed by atoms with E-state index in [1.807, 2.05) is 6.92 Å². The van der Waals surface area contributed by atoms with Gasteiger partial charge in [-0.3, -0.25) is 4.79 Å². The molecule has 2 unspecified atom stereocenters. The SMILES string of the molecule is COCCNC(=O)C(C)Oc1ccc(F)cc1CC(C)N. The summed E-state index contributed by atoms with van der Waals surface area (Å²) in [7, 11) is 1.56. The van der Waals surface area contributed by atoms with E-state index in [0.717, 1.165) is 0 Å². The van der Waals surface area contributed by atoms with Crippen LogP contribution in [0, 0.1) is 5.82 Å². The van der Waals surface area contributed by atoms with E-state index in [2.05, 4.69) is 5.32 Å². The lowest BCUT2D eigenvalue weighted by molar-refractivity contribution is -0.127. The van der Waals surface area contributed by atoms with Gasteiger partial charge in [0.25, 0.3) is 5.91 Å². The average molecular weight is 298 g/mol. The minimum absolute atomic E-state index is 0.125. The Morgan fingerprint density at radius 2 is 2.14 bits per heavy atom. The number of halogens is 1. The summed E-state index contributed by atoms with van der Waals surface area (Å²) in [4.78, 5) is 11.8. The molecule has 118 valence electrons. The summed E-state index contributed by atoms with van der Waals surface area (Å²) < 4.78 is 23.8. The third-order valence-corrected chi connectivity index (χ3v) is 2.84. The molecular weight excluding hydrogens is 275 g/mol. The Bertz CT molecular complexity index is 466. The van der Waals surface area contributed by atoms with Gasteiger partial charge >= 0.3 is 0 Å². The lowest BCUT2D eigenvalue weighted by Gasteiger charge is -2.18. The van der Waals surface area contributed by atoms with E-state index in [4.69, 9.17) is 15.2 Å². The van der Waals surface area contributed by atoms with Crippen LogP contribution in [0.25, 0.3) is 0 Å². The van der Waals surface area contributed by atoms with E-state index >= 15 is 0 Å². The Labute approximate surface area is 124 Å². The molecule has 21 heavy (non-hydrogen) atoms. The zero-order valence-corrected chi connectivity index (χ0v) is 12.7. The number of hydrogen-bond donors (Lipinski definition) is 2. The Balaban J connectivity index is 2.70. The molecule has 0 heterocycles. The summed E-state index contributed by atoms with van der Waals surface area (Å²) in [5.41, 5.74) is 6.40. The lowest BCUT2D eigenvalue weighted by atomic mass is 10.1. The standard InChI is InChI=1S/C15H23FN2O3/c1-10(17)8-12-9-13(16)4-5-14(12)21-11(2)15(19)18-6-7-20-3/h4-5,9-11H,6-8,17H2,1-3H3,(H,18,19). The Kier molecular flexibility index (Phi) is 7.11. The van der Waals surface area contributed by atoms with Gasteiger partial charge in [-0.15, -0.1) is 0 Å². The maximum atomic E-state index is 13.3. The summed E-state index contributed by atoms with van der Waals surface area (Å²) in [6, 6.07) is 4.08. The van der Waals surface area contributed by atoms with Gasteiger partial charge in [0, 0.05) is 19.7 Å². The number of methoxy groups -OCH3 is 1. The highest BCUT2D eigenvalue weighted by atomic mass is 19.1. The minimum Gasteiger partial charge on any atom is -0.481 e. The summed E-state index contributed by atoms with van der Waals surface area (Å²) in [5.74, 6) is -0.124. The molecule has 1 amide bonds. The predicted molar refractivity (Wildman–Crippen MR) is 78.7 cm³/mol. The second-order valence-electron chi connectivity index (χ2n) is 4.98. The van der Waals surface area contributed by atoms with Gasteiger partial charge < -0.3 is 20.5 Å². The highest BCUT2D eigenvalue weighted by Gasteiger charge is 2.16. The molecule has 3 N–H and O–H groups in total. The van der Waals surface area contributed by atoms with Gasteiger partial charge in [0.2, 0.25) is 0 Å². The van der Waals surface area contributed by atoms with E-state index in [1.165, 1.54) is 18.2 Å². The lowest BCUT2D eigenvalue weighted by Crippen LogP contribution is -2.38. The first-order chi connectivity index (χ1) is 9.93. The molecule has 0 aliphatic rings. The first kappa shape index (κ1) is 17.4. The summed E-state index contributed by atoms with van der Waals surface area (Å²) in [6.45, 7) is 4.32. The van der Waals surface area contributed by atoms with Crippen molar-refractivity contribution in [1.29, 1.82) is 0 Å². The molecule has 6 heteroatoms. The van der Waals surface area contributed by atoms with Gasteiger partial charge in [0.15, 0.2) is 6.10 Å². The monoisotopic (exact) mass is 298 g/mol. The Hall–Kier alpha value is -1.66. The van der Waals surface area contributed by atoms with Gasteiger partial charge in [-0.25, -0.2) is 4.39 Å². The molecule has 0 spiro atoms. The van der Waals surface area contributed by atoms with Crippen LogP contribution in [-0.2, 0) is 16.0 Å². The zero-order valence-electron chi connectivity index (χ0n) is 12.7. The molecular formula is C15H23FN2O3. The predicted octanol–water partition coefficient (Wildman–Crippen LogP) is 1.25. The topological polar surface area (TPSA) is 73.6 Å². The maximum Gasteiger partial charge on any atom is 0.260 e. The Morgan fingerprint density at radius 1 is 1.43 bits per heavy atom. The molecule has 0 saturated carbocycles. The molecule has 0 aliphatic carbocycles. The van der Waals surface area contributed by atoms with Crippen molar-refractivity contribution in [3.05, 3.63) is 29.6 Å². The third-order valence-electron chi connectivity index (χ3n) is 2.84. The van der Waals surface area contributed by atoms with Crippen LogP contribution >= 0.6 is 0 Å². The summed E-state index contributed by atoms with van der Waals surface area (Å²) >= 11 is 0. The number of ether oxygens (including phenoxy) is 2. The minimum atomic E-state index is -0.681. The number of carbonyl (C=O) groups excluding carboxylic acids is 1. The number of rotatable bonds is 8. The molecule has 0 aromatic heterocycles. The summed E-state index contributed by atoms with van der Waals surface area (Å²) in [6.07, 6.45) is -0.204. The van der Waals surface area contributed by atoms with Crippen LogP contribution in [0.2, 0.25) is 0 Å². The molecule has 0 aliphatic heterocycles. The van der Waals surface area contributed by atoms with Crippen molar-refractivity contribution in [2.24, 2.45) is 5.73 Å². The van der Waals surface area contributed by atoms with Crippen molar-refractivity contribution in [3.63, 3.8) is 0 Å². The average Bonchev–Trinajstić information content (AvgIpc) is 2.41. The van der Waals surface area contributed by atoms with Crippen molar-refractivity contribution in [2.45, 2.75) is 32.4 Å². The van der Waals surface area contributed by atoms with Crippen LogP contribution in [0.5, 0.6) is 5.75 Å². The quantitative estimate of drug-likeness (QED) is 0.708. The molecule has 1 rings (SSSR count).